The van der Waals surface area contributed by atoms with Crippen LogP contribution in [-0.4, -0.2) is 23.9 Å². The molecule has 3 heterocycles. The molecule has 3 rings (SSSR count). The van der Waals surface area contributed by atoms with Gasteiger partial charge < -0.3 is 21.5 Å². The van der Waals surface area contributed by atoms with E-state index in [2.05, 4.69) is 17.2 Å². The fourth-order valence-corrected chi connectivity index (χ4v) is 2.80. The van der Waals surface area contributed by atoms with Crippen LogP contribution in [0, 0.1) is 5.41 Å². The number of rotatable bonds is 2. The van der Waals surface area contributed by atoms with E-state index >= 15 is 0 Å². The number of nitrogens with zero attached hydrogens (tertiary/aromatic N) is 1. The van der Waals surface area contributed by atoms with Gasteiger partial charge in [0.15, 0.2) is 0 Å². The van der Waals surface area contributed by atoms with Gasteiger partial charge in [-0.3, -0.25) is 4.98 Å². The normalized spacial score (nSPS) is 33.3. The molecule has 1 aromatic rings. The summed E-state index contributed by atoms with van der Waals surface area (Å²) >= 11 is 0. The van der Waals surface area contributed by atoms with Crippen LogP contribution in [0.5, 0.6) is 0 Å². The van der Waals surface area contributed by atoms with Crippen LogP contribution in [0.15, 0.2) is 42.4 Å². The molecule has 20 heavy (non-hydrogen) atoms. The minimum absolute atomic E-state index is 0.227. The zero-order valence-electron chi connectivity index (χ0n) is 11.6. The molecule has 1 fully saturated rings. The van der Waals surface area contributed by atoms with Gasteiger partial charge in [-0.1, -0.05) is 6.92 Å². The lowest BCUT2D eigenvalue weighted by molar-refractivity contribution is 0.105. The average molecular weight is 272 g/mol. The monoisotopic (exact) mass is 272 g/mol. The van der Waals surface area contributed by atoms with Gasteiger partial charge in [0.2, 0.25) is 0 Å². The van der Waals surface area contributed by atoms with Gasteiger partial charge >= 0.3 is 0 Å². The minimum atomic E-state index is -0.802. The van der Waals surface area contributed by atoms with Crippen molar-refractivity contribution in [1.29, 1.82) is 0 Å². The SMILES string of the molecule is CC1(C2(N)NC(c3cccnc3)=CC=C2N)CCOC1. The highest BCUT2D eigenvalue weighted by molar-refractivity contribution is 5.68. The van der Waals surface area contributed by atoms with Crippen LogP contribution in [-0.2, 0) is 4.74 Å². The Morgan fingerprint density at radius 1 is 1.40 bits per heavy atom. The molecule has 0 spiro atoms. The molecular formula is C15H20N4O. The number of pyridine rings is 1. The van der Waals surface area contributed by atoms with Crippen molar-refractivity contribution < 1.29 is 4.74 Å². The van der Waals surface area contributed by atoms with E-state index in [1.807, 2.05) is 30.5 Å². The van der Waals surface area contributed by atoms with E-state index in [9.17, 15) is 0 Å². The fraction of sp³-hybridized carbons (Fsp3) is 0.400. The Morgan fingerprint density at radius 2 is 2.25 bits per heavy atom. The molecule has 0 bridgehead atoms. The van der Waals surface area contributed by atoms with Gasteiger partial charge in [0.1, 0.15) is 5.66 Å². The van der Waals surface area contributed by atoms with Crippen LogP contribution in [0.4, 0.5) is 0 Å². The Kier molecular flexibility index (Phi) is 3.03. The number of dihydropyridines is 1. The molecule has 0 amide bonds. The summed E-state index contributed by atoms with van der Waals surface area (Å²) in [5.74, 6) is 0. The molecule has 5 heteroatoms. The molecule has 0 saturated carbocycles. The summed E-state index contributed by atoms with van der Waals surface area (Å²) < 4.78 is 5.53. The van der Waals surface area contributed by atoms with Gasteiger partial charge in [0, 0.05) is 41.4 Å². The van der Waals surface area contributed by atoms with Gasteiger partial charge in [-0.25, -0.2) is 0 Å². The van der Waals surface area contributed by atoms with Crippen LogP contribution >= 0.6 is 0 Å². The number of hydrogen-bond acceptors (Lipinski definition) is 5. The van der Waals surface area contributed by atoms with Crippen LogP contribution < -0.4 is 16.8 Å². The molecule has 2 atom stereocenters. The molecule has 5 nitrogen and oxygen atoms in total. The van der Waals surface area contributed by atoms with Gasteiger partial charge in [-0.15, -0.1) is 0 Å². The van der Waals surface area contributed by atoms with Gasteiger partial charge in [-0.2, -0.15) is 0 Å². The smallest absolute Gasteiger partial charge is 0.134 e. The lowest BCUT2D eigenvalue weighted by atomic mass is 9.73. The molecule has 1 saturated heterocycles. The number of hydrogen-bond donors (Lipinski definition) is 3. The number of allylic oxidation sites excluding steroid dienone is 2. The number of aromatic nitrogens is 1. The first-order valence-corrected chi connectivity index (χ1v) is 6.78. The molecule has 0 radical (unpaired) electrons. The lowest BCUT2D eigenvalue weighted by Crippen LogP contribution is -2.67. The van der Waals surface area contributed by atoms with Crippen molar-refractivity contribution in [3.8, 4) is 0 Å². The first-order valence-electron chi connectivity index (χ1n) is 6.78. The third-order valence-electron chi connectivity index (χ3n) is 4.36. The Hall–Kier alpha value is -1.85. The molecule has 2 aliphatic rings. The molecule has 1 aromatic heterocycles. The first-order chi connectivity index (χ1) is 9.55. The van der Waals surface area contributed by atoms with E-state index in [-0.39, 0.29) is 5.41 Å². The maximum absolute atomic E-state index is 6.62. The Labute approximate surface area is 118 Å². The van der Waals surface area contributed by atoms with Crippen molar-refractivity contribution in [1.82, 2.24) is 10.3 Å². The maximum atomic E-state index is 6.62. The summed E-state index contributed by atoms with van der Waals surface area (Å²) in [4.78, 5) is 4.14. The molecule has 0 aromatic carbocycles. The Bertz CT molecular complexity index is 560. The summed E-state index contributed by atoms with van der Waals surface area (Å²) in [5.41, 5.74) is 14.3. The van der Waals surface area contributed by atoms with Crippen LogP contribution in [0.25, 0.3) is 5.70 Å². The standard InChI is InChI=1S/C15H20N4O/c1-14(6-8-20-10-14)15(17)13(16)5-4-12(19-15)11-3-2-7-18-9-11/h2-5,7,9,19H,6,8,10,16-17H2,1H3. The number of ether oxygens (including phenoxy) is 1. The average Bonchev–Trinajstić information content (AvgIpc) is 2.91. The largest absolute Gasteiger partial charge is 0.399 e. The van der Waals surface area contributed by atoms with Crippen LogP contribution in [0.1, 0.15) is 18.9 Å². The van der Waals surface area contributed by atoms with Gasteiger partial charge in [-0.05, 0) is 30.7 Å². The summed E-state index contributed by atoms with van der Waals surface area (Å²) in [6.45, 7) is 3.43. The number of nitrogens with two attached hydrogens (primary N) is 2. The molecule has 5 N–H and O–H groups in total. The fourth-order valence-electron chi connectivity index (χ4n) is 2.80. The lowest BCUT2D eigenvalue weighted by Gasteiger charge is -2.46. The van der Waals surface area contributed by atoms with Crippen LogP contribution in [0.2, 0.25) is 0 Å². The van der Waals surface area contributed by atoms with Crippen molar-refractivity contribution in [2.75, 3.05) is 13.2 Å². The zero-order chi connectivity index (χ0) is 14.2. The van der Waals surface area contributed by atoms with Gasteiger partial charge in [0.25, 0.3) is 0 Å². The third kappa shape index (κ3) is 1.90. The van der Waals surface area contributed by atoms with E-state index in [1.54, 1.807) is 6.20 Å². The number of nitrogens with one attached hydrogen (secondary N) is 1. The van der Waals surface area contributed by atoms with E-state index in [0.29, 0.717) is 12.3 Å². The van der Waals surface area contributed by atoms with Crippen molar-refractivity contribution >= 4 is 5.70 Å². The highest BCUT2D eigenvalue weighted by Crippen LogP contribution is 2.41. The third-order valence-corrected chi connectivity index (χ3v) is 4.36. The highest BCUT2D eigenvalue weighted by atomic mass is 16.5. The van der Waals surface area contributed by atoms with Crippen molar-refractivity contribution in [3.63, 3.8) is 0 Å². The molecule has 2 unspecified atom stereocenters. The second-order valence-corrected chi connectivity index (χ2v) is 5.74. The van der Waals surface area contributed by atoms with Crippen molar-refractivity contribution in [2.24, 2.45) is 16.9 Å². The molecule has 106 valence electrons. The Morgan fingerprint density at radius 3 is 2.90 bits per heavy atom. The van der Waals surface area contributed by atoms with Crippen molar-refractivity contribution in [3.05, 3.63) is 47.9 Å². The topological polar surface area (TPSA) is 86.2 Å². The van der Waals surface area contributed by atoms with Crippen molar-refractivity contribution in [2.45, 2.75) is 19.0 Å². The Balaban J connectivity index is 1.96. The maximum Gasteiger partial charge on any atom is 0.134 e. The predicted molar refractivity (Wildman–Crippen MR) is 78.1 cm³/mol. The molecular weight excluding hydrogens is 252 g/mol. The summed E-state index contributed by atoms with van der Waals surface area (Å²) in [6, 6.07) is 3.90. The minimum Gasteiger partial charge on any atom is -0.399 e. The quantitative estimate of drug-likeness (QED) is 0.746. The summed E-state index contributed by atoms with van der Waals surface area (Å²) in [7, 11) is 0. The van der Waals surface area contributed by atoms with E-state index in [4.69, 9.17) is 16.2 Å². The summed E-state index contributed by atoms with van der Waals surface area (Å²) in [5, 5.41) is 3.40. The summed E-state index contributed by atoms with van der Waals surface area (Å²) in [6.07, 6.45) is 8.26. The molecule has 2 aliphatic heterocycles. The highest BCUT2D eigenvalue weighted by Gasteiger charge is 2.50. The van der Waals surface area contributed by atoms with E-state index in [0.717, 1.165) is 24.3 Å². The first kappa shape index (κ1) is 13.1. The van der Waals surface area contributed by atoms with Crippen LogP contribution in [0.3, 0.4) is 0 Å². The van der Waals surface area contributed by atoms with E-state index < -0.39 is 5.66 Å². The second kappa shape index (κ2) is 4.61. The molecule has 0 aliphatic carbocycles. The second-order valence-electron chi connectivity index (χ2n) is 5.74. The van der Waals surface area contributed by atoms with Gasteiger partial charge in [0.05, 0.1) is 6.61 Å². The van der Waals surface area contributed by atoms with E-state index in [1.165, 1.54) is 0 Å². The predicted octanol–water partition coefficient (Wildman–Crippen LogP) is 0.950. The zero-order valence-corrected chi connectivity index (χ0v) is 11.6.